The fourth-order valence-corrected chi connectivity index (χ4v) is 1.85. The van der Waals surface area contributed by atoms with Gasteiger partial charge in [0.25, 0.3) is 5.89 Å². The highest BCUT2D eigenvalue weighted by Crippen LogP contribution is 2.28. The summed E-state index contributed by atoms with van der Waals surface area (Å²) < 4.78 is 43.1. The molecule has 0 aromatic carbocycles. The number of carbonyl (C=O) groups is 1. The zero-order valence-electron chi connectivity index (χ0n) is 13.1. The van der Waals surface area contributed by atoms with E-state index in [2.05, 4.69) is 25.4 Å². The van der Waals surface area contributed by atoms with Gasteiger partial charge in [-0.3, -0.25) is 4.79 Å². The van der Waals surface area contributed by atoms with Crippen LogP contribution in [-0.2, 0) is 17.4 Å². The van der Waals surface area contributed by atoms with Crippen LogP contribution in [0.2, 0.25) is 0 Å². The molecule has 0 bridgehead atoms. The number of unbranched alkanes of at least 4 members (excludes halogenated alkanes) is 1. The molecule has 2 aromatic rings. The van der Waals surface area contributed by atoms with Crippen LogP contribution in [0.1, 0.15) is 37.1 Å². The Balaban J connectivity index is 2.13. The summed E-state index contributed by atoms with van der Waals surface area (Å²) in [5.41, 5.74) is -0.0238. The third-order valence-corrected chi connectivity index (χ3v) is 2.97. The van der Waals surface area contributed by atoms with Gasteiger partial charge in [-0.05, 0) is 19.4 Å². The topological polar surface area (TPSA) is 93.8 Å². The average Bonchev–Trinajstić information content (AvgIpc) is 2.94. The van der Waals surface area contributed by atoms with Crippen molar-refractivity contribution in [2.24, 2.45) is 0 Å². The highest BCUT2D eigenvalue weighted by Gasteiger charge is 2.35. The van der Waals surface area contributed by atoms with Gasteiger partial charge in [-0.25, -0.2) is 9.97 Å². The second kappa shape index (κ2) is 7.37. The summed E-state index contributed by atoms with van der Waals surface area (Å²) in [6.07, 6.45) is -3.00. The number of halogens is 3. The average molecular weight is 343 g/mol. The van der Waals surface area contributed by atoms with Crippen LogP contribution in [0.3, 0.4) is 0 Å². The summed E-state index contributed by atoms with van der Waals surface area (Å²) in [6, 6.07) is 1.30. The first-order valence-electron chi connectivity index (χ1n) is 7.32. The lowest BCUT2D eigenvalue weighted by molar-refractivity contribution is -0.145. The molecular weight excluding hydrogens is 327 g/mol. The molecule has 0 radical (unpaired) electrons. The van der Waals surface area contributed by atoms with Crippen LogP contribution in [0, 0.1) is 6.92 Å². The summed E-state index contributed by atoms with van der Waals surface area (Å²) >= 11 is 0. The third-order valence-electron chi connectivity index (χ3n) is 2.97. The summed E-state index contributed by atoms with van der Waals surface area (Å²) in [5.74, 6) is -1.69. The Kier molecular flexibility index (Phi) is 5.47. The van der Waals surface area contributed by atoms with Crippen LogP contribution < -0.4 is 5.32 Å². The Labute approximate surface area is 135 Å². The second-order valence-corrected chi connectivity index (χ2v) is 5.11. The highest BCUT2D eigenvalue weighted by atomic mass is 19.4. The molecule has 2 rings (SSSR count). The minimum atomic E-state index is -4.68. The molecule has 1 N–H and O–H groups in total. The number of amides is 1. The van der Waals surface area contributed by atoms with Crippen molar-refractivity contribution < 1.29 is 22.5 Å². The Morgan fingerprint density at radius 2 is 2.04 bits per heavy atom. The lowest BCUT2D eigenvalue weighted by Crippen LogP contribution is -2.26. The predicted molar refractivity (Wildman–Crippen MR) is 76.7 cm³/mol. The van der Waals surface area contributed by atoms with E-state index < -0.39 is 12.0 Å². The zero-order chi connectivity index (χ0) is 17.7. The summed E-state index contributed by atoms with van der Waals surface area (Å²) in [5, 5.41) is 6.28. The van der Waals surface area contributed by atoms with Crippen LogP contribution in [0.4, 0.5) is 13.2 Å². The second-order valence-electron chi connectivity index (χ2n) is 5.11. The van der Waals surface area contributed by atoms with Gasteiger partial charge in [-0.1, -0.05) is 18.5 Å². The number of nitrogens with zero attached hydrogens (tertiary/aromatic N) is 4. The van der Waals surface area contributed by atoms with Crippen molar-refractivity contribution in [3.05, 3.63) is 23.4 Å². The zero-order valence-corrected chi connectivity index (χ0v) is 13.1. The molecule has 0 aliphatic heterocycles. The standard InChI is InChI=1S/C14H16F3N5O2/c1-3-4-5-18-11(23)7-10-21-12(24-22-10)9-6-8(2)19-13(20-9)14(15,16)17/h6H,3-5,7H2,1-2H3,(H,18,23). The molecule has 2 heterocycles. The van der Waals surface area contributed by atoms with Gasteiger partial charge in [0, 0.05) is 12.2 Å². The first-order valence-corrected chi connectivity index (χ1v) is 7.32. The number of rotatable bonds is 6. The van der Waals surface area contributed by atoms with Gasteiger partial charge in [-0.2, -0.15) is 18.2 Å². The Morgan fingerprint density at radius 1 is 1.29 bits per heavy atom. The molecular formula is C14H16F3N5O2. The smallest absolute Gasteiger partial charge is 0.356 e. The minimum absolute atomic E-state index is 0.0730. The number of carbonyl (C=O) groups excluding carboxylic acids is 1. The molecule has 0 fully saturated rings. The van der Waals surface area contributed by atoms with E-state index in [1.165, 1.54) is 13.0 Å². The van der Waals surface area contributed by atoms with Crippen molar-refractivity contribution in [3.63, 3.8) is 0 Å². The van der Waals surface area contributed by atoms with Crippen LogP contribution in [0.25, 0.3) is 11.6 Å². The fraction of sp³-hybridized carbons (Fsp3) is 0.500. The van der Waals surface area contributed by atoms with E-state index in [4.69, 9.17) is 4.52 Å². The fourth-order valence-electron chi connectivity index (χ4n) is 1.85. The van der Waals surface area contributed by atoms with Crippen LogP contribution in [-0.4, -0.2) is 32.6 Å². The molecule has 0 unspecified atom stereocenters. The predicted octanol–water partition coefficient (Wildman–Crippen LogP) is 2.31. The van der Waals surface area contributed by atoms with Gasteiger partial charge in [0.2, 0.25) is 11.7 Å². The number of hydrogen-bond acceptors (Lipinski definition) is 6. The third kappa shape index (κ3) is 4.74. The Morgan fingerprint density at radius 3 is 2.71 bits per heavy atom. The van der Waals surface area contributed by atoms with Gasteiger partial charge < -0.3 is 9.84 Å². The minimum Gasteiger partial charge on any atom is -0.356 e. The highest BCUT2D eigenvalue weighted by molar-refractivity contribution is 5.77. The largest absolute Gasteiger partial charge is 0.451 e. The summed E-state index contributed by atoms with van der Waals surface area (Å²) in [6.45, 7) is 3.94. The SMILES string of the molecule is CCCCNC(=O)Cc1noc(-c2cc(C)nc(C(F)(F)F)n2)n1. The van der Waals surface area contributed by atoms with E-state index in [9.17, 15) is 18.0 Å². The molecule has 2 aromatic heterocycles. The maximum absolute atomic E-state index is 12.7. The van der Waals surface area contributed by atoms with Crippen molar-refractivity contribution in [2.45, 2.75) is 39.3 Å². The van der Waals surface area contributed by atoms with Crippen LogP contribution in [0.5, 0.6) is 0 Å². The van der Waals surface area contributed by atoms with E-state index in [1.54, 1.807) is 0 Å². The molecule has 0 spiro atoms. The lowest BCUT2D eigenvalue weighted by Gasteiger charge is -2.06. The summed E-state index contributed by atoms with van der Waals surface area (Å²) in [7, 11) is 0. The molecule has 0 saturated heterocycles. The first kappa shape index (κ1) is 17.8. The van der Waals surface area contributed by atoms with E-state index >= 15 is 0 Å². The number of alkyl halides is 3. The molecule has 24 heavy (non-hydrogen) atoms. The van der Waals surface area contributed by atoms with Crippen LogP contribution >= 0.6 is 0 Å². The monoisotopic (exact) mass is 343 g/mol. The summed E-state index contributed by atoms with van der Waals surface area (Å²) in [4.78, 5) is 22.3. The molecule has 1 amide bonds. The van der Waals surface area contributed by atoms with Crippen molar-refractivity contribution >= 4 is 5.91 Å². The molecule has 7 nitrogen and oxygen atoms in total. The van der Waals surface area contributed by atoms with E-state index in [0.29, 0.717) is 6.54 Å². The van der Waals surface area contributed by atoms with Gasteiger partial charge in [0.05, 0.1) is 6.42 Å². The van der Waals surface area contributed by atoms with Crippen LogP contribution in [0.15, 0.2) is 10.6 Å². The van der Waals surface area contributed by atoms with Crippen molar-refractivity contribution in [2.75, 3.05) is 6.54 Å². The normalized spacial score (nSPS) is 11.5. The van der Waals surface area contributed by atoms with Gasteiger partial charge >= 0.3 is 6.18 Å². The maximum Gasteiger partial charge on any atom is 0.451 e. The van der Waals surface area contributed by atoms with Crippen molar-refractivity contribution in [3.8, 4) is 11.6 Å². The molecule has 0 aliphatic carbocycles. The molecule has 0 atom stereocenters. The molecule has 10 heteroatoms. The van der Waals surface area contributed by atoms with Gasteiger partial charge in [0.1, 0.15) is 5.69 Å². The molecule has 130 valence electrons. The number of aryl methyl sites for hydroxylation is 1. The molecule has 0 aliphatic rings. The molecule has 0 saturated carbocycles. The first-order chi connectivity index (χ1) is 11.3. The van der Waals surface area contributed by atoms with Crippen molar-refractivity contribution in [1.29, 1.82) is 0 Å². The Bertz CT molecular complexity index is 715. The van der Waals surface area contributed by atoms with E-state index in [-0.39, 0.29) is 35.4 Å². The maximum atomic E-state index is 12.7. The Hall–Kier alpha value is -2.52. The quantitative estimate of drug-likeness (QED) is 0.809. The van der Waals surface area contributed by atoms with Crippen molar-refractivity contribution in [1.82, 2.24) is 25.4 Å². The van der Waals surface area contributed by atoms with Gasteiger partial charge in [0.15, 0.2) is 5.82 Å². The number of nitrogens with one attached hydrogen (secondary N) is 1. The van der Waals surface area contributed by atoms with E-state index in [0.717, 1.165) is 12.8 Å². The number of aromatic nitrogens is 4. The number of hydrogen-bond donors (Lipinski definition) is 1. The van der Waals surface area contributed by atoms with Gasteiger partial charge in [-0.15, -0.1) is 0 Å². The lowest BCUT2D eigenvalue weighted by atomic mass is 10.3. The van der Waals surface area contributed by atoms with E-state index in [1.807, 2.05) is 6.92 Å².